The number of hydrogen-bond acceptors (Lipinski definition) is 3. The summed E-state index contributed by atoms with van der Waals surface area (Å²) in [7, 11) is 0. The summed E-state index contributed by atoms with van der Waals surface area (Å²) in [4.78, 5) is 12.2. The number of anilines is 1. The van der Waals surface area contributed by atoms with Crippen LogP contribution in [0.2, 0.25) is 0 Å². The molecule has 1 heterocycles. The number of benzene rings is 1. The molecule has 1 aliphatic carbocycles. The van der Waals surface area contributed by atoms with Crippen LogP contribution in [0, 0.1) is 17.8 Å². The van der Waals surface area contributed by atoms with Gasteiger partial charge in [-0.15, -0.1) is 0 Å². The van der Waals surface area contributed by atoms with Crippen LogP contribution in [0.5, 0.6) is 5.75 Å². The molecule has 2 fully saturated rings. The molecule has 1 saturated carbocycles. The number of ether oxygens (including phenoxy) is 1. The average molecular weight is 316 g/mol. The van der Waals surface area contributed by atoms with Crippen molar-refractivity contribution in [1.82, 2.24) is 5.32 Å². The first-order chi connectivity index (χ1) is 11.2. The zero-order valence-corrected chi connectivity index (χ0v) is 14.0. The monoisotopic (exact) mass is 316 g/mol. The van der Waals surface area contributed by atoms with E-state index in [2.05, 4.69) is 17.6 Å². The number of piperidine rings is 1. The largest absolute Gasteiger partial charge is 0.493 e. The predicted molar refractivity (Wildman–Crippen MR) is 92.7 cm³/mol. The zero-order valence-electron chi connectivity index (χ0n) is 14.0. The lowest BCUT2D eigenvalue weighted by Gasteiger charge is -2.27. The van der Waals surface area contributed by atoms with Crippen molar-refractivity contribution in [1.29, 1.82) is 0 Å². The van der Waals surface area contributed by atoms with Crippen molar-refractivity contribution < 1.29 is 9.53 Å². The maximum atomic E-state index is 12.2. The fourth-order valence-electron chi connectivity index (χ4n) is 3.22. The minimum absolute atomic E-state index is 0.114. The fourth-order valence-corrected chi connectivity index (χ4v) is 3.22. The summed E-state index contributed by atoms with van der Waals surface area (Å²) in [5.74, 6) is 2.87. The van der Waals surface area contributed by atoms with Crippen molar-refractivity contribution >= 4 is 11.6 Å². The summed E-state index contributed by atoms with van der Waals surface area (Å²) in [6.07, 6.45) is 5.56. The Morgan fingerprint density at radius 2 is 1.91 bits per heavy atom. The van der Waals surface area contributed by atoms with Gasteiger partial charge in [-0.25, -0.2) is 0 Å². The molecule has 1 aromatic rings. The van der Waals surface area contributed by atoms with Gasteiger partial charge in [0.2, 0.25) is 5.91 Å². The Labute approximate surface area is 139 Å². The van der Waals surface area contributed by atoms with E-state index in [4.69, 9.17) is 4.74 Å². The van der Waals surface area contributed by atoms with Crippen LogP contribution in [-0.4, -0.2) is 25.6 Å². The quantitative estimate of drug-likeness (QED) is 0.810. The van der Waals surface area contributed by atoms with E-state index in [1.807, 2.05) is 24.3 Å². The highest BCUT2D eigenvalue weighted by Crippen LogP contribution is 2.30. The van der Waals surface area contributed by atoms with Crippen LogP contribution in [0.25, 0.3) is 0 Å². The molecule has 23 heavy (non-hydrogen) atoms. The second kappa shape index (κ2) is 7.82. The number of rotatable bonds is 7. The molecular weight excluding hydrogens is 288 g/mol. The van der Waals surface area contributed by atoms with Gasteiger partial charge in [0.15, 0.2) is 0 Å². The third-order valence-electron chi connectivity index (χ3n) is 5.02. The van der Waals surface area contributed by atoms with Gasteiger partial charge in [-0.05, 0) is 80.8 Å². The van der Waals surface area contributed by atoms with Gasteiger partial charge in [0, 0.05) is 12.1 Å². The van der Waals surface area contributed by atoms with Crippen LogP contribution in [0.4, 0.5) is 5.69 Å². The van der Waals surface area contributed by atoms with E-state index in [0.717, 1.165) is 37.1 Å². The van der Waals surface area contributed by atoms with Crippen molar-refractivity contribution in [2.24, 2.45) is 17.8 Å². The predicted octanol–water partition coefficient (Wildman–Crippen LogP) is 3.44. The lowest BCUT2D eigenvalue weighted by atomic mass is 9.84. The number of amides is 1. The highest BCUT2D eigenvalue weighted by Gasteiger charge is 2.22. The molecule has 2 aliphatic rings. The first-order valence-electron chi connectivity index (χ1n) is 8.94. The van der Waals surface area contributed by atoms with E-state index in [-0.39, 0.29) is 5.91 Å². The smallest absolute Gasteiger partial charge is 0.224 e. The molecule has 2 N–H and O–H groups in total. The Morgan fingerprint density at radius 1 is 1.22 bits per heavy atom. The molecule has 4 nitrogen and oxygen atoms in total. The van der Waals surface area contributed by atoms with Crippen LogP contribution in [0.15, 0.2) is 24.3 Å². The summed E-state index contributed by atoms with van der Waals surface area (Å²) >= 11 is 0. The second-order valence-electron chi connectivity index (χ2n) is 7.10. The fraction of sp³-hybridized carbons (Fsp3) is 0.632. The molecule has 1 aromatic carbocycles. The van der Waals surface area contributed by atoms with E-state index in [1.165, 1.54) is 25.7 Å². The van der Waals surface area contributed by atoms with Gasteiger partial charge in [0.25, 0.3) is 0 Å². The van der Waals surface area contributed by atoms with Crippen LogP contribution in [0.1, 0.15) is 39.0 Å². The summed E-state index contributed by atoms with van der Waals surface area (Å²) in [5.41, 5.74) is 0.853. The molecule has 1 saturated heterocycles. The molecule has 1 unspecified atom stereocenters. The minimum Gasteiger partial charge on any atom is -0.493 e. The van der Waals surface area contributed by atoms with Gasteiger partial charge in [-0.1, -0.05) is 6.92 Å². The molecule has 0 radical (unpaired) electrons. The molecule has 1 aliphatic heterocycles. The molecule has 3 rings (SSSR count). The van der Waals surface area contributed by atoms with Crippen LogP contribution in [-0.2, 0) is 4.79 Å². The maximum Gasteiger partial charge on any atom is 0.224 e. The number of carbonyl (C=O) groups is 1. The van der Waals surface area contributed by atoms with Gasteiger partial charge in [0.05, 0.1) is 6.61 Å². The van der Waals surface area contributed by atoms with E-state index in [9.17, 15) is 4.79 Å². The van der Waals surface area contributed by atoms with E-state index in [0.29, 0.717) is 18.3 Å². The van der Waals surface area contributed by atoms with E-state index < -0.39 is 0 Å². The van der Waals surface area contributed by atoms with Crippen molar-refractivity contribution in [3.05, 3.63) is 24.3 Å². The Hall–Kier alpha value is -1.55. The molecule has 0 aromatic heterocycles. The molecule has 0 spiro atoms. The third kappa shape index (κ3) is 5.24. The third-order valence-corrected chi connectivity index (χ3v) is 5.02. The second-order valence-corrected chi connectivity index (χ2v) is 7.10. The molecular formula is C19H28N2O2. The van der Waals surface area contributed by atoms with Gasteiger partial charge in [-0.2, -0.15) is 0 Å². The van der Waals surface area contributed by atoms with Crippen LogP contribution >= 0.6 is 0 Å². The van der Waals surface area contributed by atoms with Gasteiger partial charge in [-0.3, -0.25) is 4.79 Å². The molecule has 1 amide bonds. The number of hydrogen-bond donors (Lipinski definition) is 2. The summed E-state index contributed by atoms with van der Waals surface area (Å²) in [5, 5.41) is 6.38. The Kier molecular flexibility index (Phi) is 5.55. The highest BCUT2D eigenvalue weighted by molar-refractivity contribution is 5.90. The highest BCUT2D eigenvalue weighted by atomic mass is 16.5. The molecule has 4 heteroatoms. The van der Waals surface area contributed by atoms with Gasteiger partial charge < -0.3 is 15.4 Å². The topological polar surface area (TPSA) is 50.4 Å². The first kappa shape index (κ1) is 16.3. The van der Waals surface area contributed by atoms with Crippen molar-refractivity contribution in [2.75, 3.05) is 25.0 Å². The minimum atomic E-state index is 0.114. The first-order valence-corrected chi connectivity index (χ1v) is 8.94. The lowest BCUT2D eigenvalue weighted by Crippen LogP contribution is -2.32. The molecule has 126 valence electrons. The number of carbonyl (C=O) groups excluding carboxylic acids is 1. The van der Waals surface area contributed by atoms with E-state index in [1.54, 1.807) is 0 Å². The zero-order chi connectivity index (χ0) is 16.1. The molecule has 1 atom stereocenters. The average Bonchev–Trinajstić information content (AvgIpc) is 3.39. The van der Waals surface area contributed by atoms with Crippen LogP contribution < -0.4 is 15.4 Å². The van der Waals surface area contributed by atoms with E-state index >= 15 is 0 Å². The van der Waals surface area contributed by atoms with Crippen molar-refractivity contribution in [3.8, 4) is 5.75 Å². The summed E-state index contributed by atoms with van der Waals surface area (Å²) in [6, 6.07) is 7.73. The number of nitrogens with one attached hydrogen (secondary N) is 2. The Morgan fingerprint density at radius 3 is 2.57 bits per heavy atom. The maximum absolute atomic E-state index is 12.2. The summed E-state index contributed by atoms with van der Waals surface area (Å²) < 4.78 is 5.72. The van der Waals surface area contributed by atoms with Gasteiger partial charge >= 0.3 is 0 Å². The Balaban J connectivity index is 1.42. The van der Waals surface area contributed by atoms with Crippen LogP contribution in [0.3, 0.4) is 0 Å². The Bertz CT molecular complexity index is 505. The normalized spacial score (nSPS) is 20.0. The van der Waals surface area contributed by atoms with Crippen molar-refractivity contribution in [2.45, 2.75) is 39.0 Å². The van der Waals surface area contributed by atoms with Gasteiger partial charge in [0.1, 0.15) is 5.75 Å². The molecule has 0 bridgehead atoms. The lowest BCUT2D eigenvalue weighted by molar-refractivity contribution is -0.117. The summed E-state index contributed by atoms with van der Waals surface area (Å²) in [6.45, 7) is 5.18. The van der Waals surface area contributed by atoms with Crippen molar-refractivity contribution in [3.63, 3.8) is 0 Å². The SMILES string of the molecule is CC(CC(=O)Nc1ccc(OCC2CC2)cc1)C1CCNCC1. The standard InChI is InChI=1S/C19H28N2O2/c1-14(16-8-10-20-11-9-16)12-19(22)21-17-4-6-18(7-5-17)23-13-15-2-3-15/h4-7,14-16,20H,2-3,8-13H2,1H3,(H,21,22).